The molecule has 0 radical (unpaired) electrons. The minimum atomic E-state index is -1.03. The number of carbonyl (C=O) groups excluding carboxylic acids is 1. The maximum absolute atomic E-state index is 10.6. The Balaban J connectivity index is 3.76. The van der Waals surface area contributed by atoms with Gasteiger partial charge in [0.05, 0.1) is 0 Å². The number of carbonyl (C=O) groups is 2. The SMILES string of the molecule is CCC(=O)OCO/N=N\N(C)[C@@H](C)C(=O)O. The Labute approximate surface area is 92.8 Å². The van der Waals surface area contributed by atoms with Gasteiger partial charge in [-0.1, -0.05) is 6.92 Å². The van der Waals surface area contributed by atoms with Gasteiger partial charge in [-0.25, -0.2) is 4.79 Å². The summed E-state index contributed by atoms with van der Waals surface area (Å²) in [7, 11) is 1.43. The van der Waals surface area contributed by atoms with Gasteiger partial charge in [0, 0.05) is 18.7 Å². The second-order valence-corrected chi connectivity index (χ2v) is 2.88. The van der Waals surface area contributed by atoms with Gasteiger partial charge in [0.2, 0.25) is 0 Å². The quantitative estimate of drug-likeness (QED) is 0.227. The van der Waals surface area contributed by atoms with Gasteiger partial charge in [0.15, 0.2) is 0 Å². The van der Waals surface area contributed by atoms with Crippen molar-refractivity contribution in [1.29, 1.82) is 0 Å². The van der Waals surface area contributed by atoms with Crippen molar-refractivity contribution in [2.75, 3.05) is 13.8 Å². The van der Waals surface area contributed by atoms with Crippen molar-refractivity contribution in [3.8, 4) is 0 Å². The van der Waals surface area contributed by atoms with Crippen LogP contribution in [0.25, 0.3) is 0 Å². The standard InChI is InChI=1S/C8H15N3O5/c1-4-7(12)15-5-16-10-9-11(3)6(2)8(13)14/h6H,4-5H2,1-3H3,(H,13,14)/b10-9-/t6-/m0/s1. The molecule has 0 aromatic carbocycles. The maximum atomic E-state index is 10.6. The highest BCUT2D eigenvalue weighted by atomic mass is 16.8. The lowest BCUT2D eigenvalue weighted by molar-refractivity contribution is -0.157. The minimum absolute atomic E-state index is 0.246. The summed E-state index contributed by atoms with van der Waals surface area (Å²) in [6, 6.07) is -0.814. The Morgan fingerprint density at radius 1 is 1.50 bits per heavy atom. The number of esters is 1. The number of hydrogen-bond acceptors (Lipinski definition) is 6. The fourth-order valence-corrected chi connectivity index (χ4v) is 0.538. The average Bonchev–Trinajstić information content (AvgIpc) is 2.26. The fraction of sp³-hybridized carbons (Fsp3) is 0.750. The third-order valence-electron chi connectivity index (χ3n) is 1.71. The van der Waals surface area contributed by atoms with E-state index in [4.69, 9.17) is 5.11 Å². The van der Waals surface area contributed by atoms with Crippen LogP contribution in [0.15, 0.2) is 10.5 Å². The zero-order valence-electron chi connectivity index (χ0n) is 9.41. The van der Waals surface area contributed by atoms with Gasteiger partial charge >= 0.3 is 11.9 Å². The van der Waals surface area contributed by atoms with E-state index in [2.05, 4.69) is 20.1 Å². The molecule has 1 N–H and O–H groups in total. The van der Waals surface area contributed by atoms with Gasteiger partial charge in [-0.3, -0.25) is 9.80 Å². The predicted molar refractivity (Wildman–Crippen MR) is 52.1 cm³/mol. The number of ether oxygens (including phenoxy) is 1. The number of carboxylic acid groups (broad SMARTS) is 1. The molecule has 0 bridgehead atoms. The highest BCUT2D eigenvalue weighted by Crippen LogP contribution is 1.97. The van der Waals surface area contributed by atoms with Crippen molar-refractivity contribution in [2.45, 2.75) is 26.3 Å². The highest BCUT2D eigenvalue weighted by molar-refractivity contribution is 5.72. The smallest absolute Gasteiger partial charge is 0.327 e. The van der Waals surface area contributed by atoms with Crippen LogP contribution in [0.5, 0.6) is 0 Å². The third-order valence-corrected chi connectivity index (χ3v) is 1.71. The van der Waals surface area contributed by atoms with Crippen LogP contribution >= 0.6 is 0 Å². The first-order valence-electron chi connectivity index (χ1n) is 4.63. The lowest BCUT2D eigenvalue weighted by atomic mass is 10.3. The van der Waals surface area contributed by atoms with E-state index in [1.165, 1.54) is 14.0 Å². The van der Waals surface area contributed by atoms with Crippen LogP contribution in [0.2, 0.25) is 0 Å². The van der Waals surface area contributed by atoms with Crippen molar-refractivity contribution < 1.29 is 24.3 Å². The molecule has 0 spiro atoms. The van der Waals surface area contributed by atoms with Gasteiger partial charge in [-0.15, -0.1) is 0 Å². The molecule has 16 heavy (non-hydrogen) atoms. The first-order valence-corrected chi connectivity index (χ1v) is 4.63. The summed E-state index contributed by atoms with van der Waals surface area (Å²) in [5, 5.41) is 16.3. The van der Waals surface area contributed by atoms with Crippen LogP contribution < -0.4 is 0 Å². The van der Waals surface area contributed by atoms with Gasteiger partial charge < -0.3 is 14.7 Å². The minimum Gasteiger partial charge on any atom is -0.480 e. The summed E-state index contributed by atoms with van der Waals surface area (Å²) in [5.41, 5.74) is 0. The number of aliphatic carboxylic acids is 1. The summed E-state index contributed by atoms with van der Waals surface area (Å²) >= 11 is 0. The predicted octanol–water partition coefficient (Wildman–Crippen LogP) is 0.601. The molecule has 0 aliphatic carbocycles. The molecule has 0 saturated carbocycles. The van der Waals surface area contributed by atoms with Crippen LogP contribution in [0.3, 0.4) is 0 Å². The van der Waals surface area contributed by atoms with E-state index in [0.717, 1.165) is 5.01 Å². The number of nitrogens with zero attached hydrogens (tertiary/aromatic N) is 3. The van der Waals surface area contributed by atoms with E-state index in [1.807, 2.05) is 0 Å². The molecular formula is C8H15N3O5. The second-order valence-electron chi connectivity index (χ2n) is 2.88. The second kappa shape index (κ2) is 7.43. The number of hydrogen-bond donors (Lipinski definition) is 1. The summed E-state index contributed by atoms with van der Waals surface area (Å²) in [5.74, 6) is -1.44. The largest absolute Gasteiger partial charge is 0.480 e. The number of likely N-dealkylation sites (N-methyl/N-ethyl adjacent to an activating group) is 1. The summed E-state index contributed by atoms with van der Waals surface area (Å²) in [6.07, 6.45) is 0.246. The number of carboxylic acids is 1. The van der Waals surface area contributed by atoms with Crippen molar-refractivity contribution in [3.63, 3.8) is 0 Å². The molecule has 8 heteroatoms. The zero-order chi connectivity index (χ0) is 12.6. The average molecular weight is 233 g/mol. The van der Waals surface area contributed by atoms with Gasteiger partial charge in [-0.2, -0.15) is 0 Å². The molecule has 0 unspecified atom stereocenters. The van der Waals surface area contributed by atoms with Crippen molar-refractivity contribution in [1.82, 2.24) is 5.01 Å². The van der Waals surface area contributed by atoms with E-state index >= 15 is 0 Å². The molecule has 0 heterocycles. The maximum Gasteiger partial charge on any atom is 0.327 e. The molecular weight excluding hydrogens is 218 g/mol. The zero-order valence-corrected chi connectivity index (χ0v) is 9.41. The summed E-state index contributed by atoms with van der Waals surface area (Å²) < 4.78 is 4.53. The van der Waals surface area contributed by atoms with E-state index < -0.39 is 18.0 Å². The summed E-state index contributed by atoms with van der Waals surface area (Å²) in [6.45, 7) is 2.75. The van der Waals surface area contributed by atoms with Gasteiger partial charge in [-0.05, 0) is 12.1 Å². The Morgan fingerprint density at radius 3 is 2.62 bits per heavy atom. The molecule has 0 amide bonds. The van der Waals surface area contributed by atoms with E-state index in [1.54, 1.807) is 6.92 Å². The molecule has 1 atom stereocenters. The van der Waals surface area contributed by atoms with Crippen molar-refractivity contribution >= 4 is 11.9 Å². The van der Waals surface area contributed by atoms with Crippen LogP contribution in [0.1, 0.15) is 20.3 Å². The first kappa shape index (κ1) is 14.1. The third kappa shape index (κ3) is 5.78. The molecule has 92 valence electrons. The van der Waals surface area contributed by atoms with Crippen LogP contribution in [0.4, 0.5) is 0 Å². The Hall–Kier alpha value is -1.86. The van der Waals surface area contributed by atoms with Crippen LogP contribution in [0, 0.1) is 0 Å². The molecule has 0 aromatic heterocycles. The highest BCUT2D eigenvalue weighted by Gasteiger charge is 2.15. The molecule has 0 aliphatic heterocycles. The first-order chi connectivity index (χ1) is 7.49. The van der Waals surface area contributed by atoms with Gasteiger partial charge in [0.1, 0.15) is 6.04 Å². The van der Waals surface area contributed by atoms with E-state index in [9.17, 15) is 9.59 Å². The fourth-order valence-electron chi connectivity index (χ4n) is 0.538. The molecule has 0 rings (SSSR count). The van der Waals surface area contributed by atoms with E-state index in [0.29, 0.717) is 0 Å². The normalized spacial score (nSPS) is 12.2. The monoisotopic (exact) mass is 233 g/mol. The summed E-state index contributed by atoms with van der Waals surface area (Å²) in [4.78, 5) is 25.6. The topological polar surface area (TPSA) is 101 Å². The van der Waals surface area contributed by atoms with E-state index in [-0.39, 0.29) is 13.2 Å². The lowest BCUT2D eigenvalue weighted by Gasteiger charge is -2.14. The molecule has 0 aliphatic rings. The molecule has 0 saturated heterocycles. The Bertz CT molecular complexity index is 268. The van der Waals surface area contributed by atoms with Crippen molar-refractivity contribution in [2.24, 2.45) is 10.5 Å². The van der Waals surface area contributed by atoms with Crippen LogP contribution in [-0.2, 0) is 19.2 Å². The lowest BCUT2D eigenvalue weighted by Crippen LogP contribution is -2.31. The molecule has 8 nitrogen and oxygen atoms in total. The van der Waals surface area contributed by atoms with Crippen molar-refractivity contribution in [3.05, 3.63) is 0 Å². The Morgan fingerprint density at radius 2 is 2.12 bits per heavy atom. The van der Waals surface area contributed by atoms with Gasteiger partial charge in [0.25, 0.3) is 6.79 Å². The molecule has 0 fully saturated rings. The number of rotatable bonds is 7. The Kier molecular flexibility index (Phi) is 6.57. The molecule has 0 aromatic rings. The van der Waals surface area contributed by atoms with Crippen LogP contribution in [-0.4, -0.2) is 41.9 Å².